The molecule has 3 rings (SSSR count). The molecule has 1 aromatic carbocycles. The van der Waals surface area contributed by atoms with Gasteiger partial charge in [-0.25, -0.2) is 0 Å². The Labute approximate surface area is 141 Å². The molecule has 0 N–H and O–H groups in total. The van der Waals surface area contributed by atoms with Crippen LogP contribution in [-0.4, -0.2) is 36.5 Å². The molecule has 1 atom stereocenters. The van der Waals surface area contributed by atoms with E-state index in [1.165, 1.54) is 0 Å². The van der Waals surface area contributed by atoms with Crippen LogP contribution in [0, 0.1) is 24.2 Å². The quantitative estimate of drug-likeness (QED) is 0.473. The summed E-state index contributed by atoms with van der Waals surface area (Å²) in [6.07, 6.45) is 8.71. The molecule has 126 valence electrons. The molecule has 0 aromatic heterocycles. The van der Waals surface area contributed by atoms with Crippen LogP contribution in [0.2, 0.25) is 0 Å². The number of para-hydroxylation sites is 2. The van der Waals surface area contributed by atoms with E-state index < -0.39 is 0 Å². The Hall–Kier alpha value is -2.48. The van der Waals surface area contributed by atoms with E-state index in [1.54, 1.807) is 24.3 Å². The molecule has 1 aromatic rings. The third kappa shape index (κ3) is 3.88. The summed E-state index contributed by atoms with van der Waals surface area (Å²) < 4.78 is 10.9. The van der Waals surface area contributed by atoms with Crippen molar-refractivity contribution in [2.45, 2.75) is 25.7 Å². The number of hydrogen-bond acceptors (Lipinski definition) is 4. The lowest BCUT2D eigenvalue weighted by Gasteiger charge is -2.31. The Kier molecular flexibility index (Phi) is 5.05. The van der Waals surface area contributed by atoms with Gasteiger partial charge in [-0.15, -0.1) is 6.42 Å². The van der Waals surface area contributed by atoms with Gasteiger partial charge in [0.1, 0.15) is 6.61 Å². The Balaban J connectivity index is 1.62. The van der Waals surface area contributed by atoms with E-state index in [4.69, 9.17) is 15.9 Å². The molecular weight excluding hydrogens is 306 g/mol. The van der Waals surface area contributed by atoms with Crippen LogP contribution in [0.25, 0.3) is 0 Å². The van der Waals surface area contributed by atoms with Crippen LogP contribution in [0.4, 0.5) is 0 Å². The van der Waals surface area contributed by atoms with E-state index >= 15 is 0 Å². The molecule has 0 unspecified atom stereocenters. The summed E-state index contributed by atoms with van der Waals surface area (Å²) in [5, 5.41) is 0. The second-order valence-corrected chi connectivity index (χ2v) is 6.26. The maximum atomic E-state index is 12.5. The monoisotopic (exact) mass is 327 g/mol. The standard InChI is InChI=1S/C19H21NO4/c1-2-12-23-16-7-3-4-8-17(16)24-19(22)15-6-5-11-20(13-15)18(21)14-9-10-14/h1,3-4,7-8,14-15H,5-6,9-13H2/t15-/m0/s1. The largest absolute Gasteiger partial charge is 0.477 e. The number of carbonyl (C=O) groups is 2. The molecule has 1 heterocycles. The lowest BCUT2D eigenvalue weighted by molar-refractivity contribution is -0.143. The minimum absolute atomic E-state index is 0.113. The molecular formula is C19H21NO4. The van der Waals surface area contributed by atoms with Crippen molar-refractivity contribution in [1.82, 2.24) is 4.90 Å². The number of rotatable bonds is 5. The third-order valence-electron chi connectivity index (χ3n) is 4.36. The van der Waals surface area contributed by atoms with Gasteiger partial charge in [-0.05, 0) is 37.8 Å². The number of likely N-dealkylation sites (tertiary alicyclic amines) is 1. The maximum Gasteiger partial charge on any atom is 0.316 e. The molecule has 2 aliphatic rings. The smallest absolute Gasteiger partial charge is 0.316 e. The summed E-state index contributed by atoms with van der Waals surface area (Å²) in [6, 6.07) is 6.96. The fourth-order valence-electron chi connectivity index (χ4n) is 2.92. The fourth-order valence-corrected chi connectivity index (χ4v) is 2.92. The number of terminal acetylenes is 1. The molecule has 1 amide bonds. The van der Waals surface area contributed by atoms with Gasteiger partial charge in [-0.3, -0.25) is 9.59 Å². The predicted octanol–water partition coefficient (Wildman–Crippen LogP) is 2.25. The van der Waals surface area contributed by atoms with Gasteiger partial charge in [0.15, 0.2) is 11.5 Å². The summed E-state index contributed by atoms with van der Waals surface area (Å²) in [4.78, 5) is 26.5. The predicted molar refractivity (Wildman–Crippen MR) is 88.4 cm³/mol. The van der Waals surface area contributed by atoms with Crippen LogP contribution in [0.3, 0.4) is 0 Å². The van der Waals surface area contributed by atoms with Crippen molar-refractivity contribution in [2.75, 3.05) is 19.7 Å². The number of ether oxygens (including phenoxy) is 2. The van der Waals surface area contributed by atoms with Gasteiger partial charge in [0.25, 0.3) is 0 Å². The van der Waals surface area contributed by atoms with E-state index in [0.29, 0.717) is 18.0 Å². The molecule has 1 saturated carbocycles. The van der Waals surface area contributed by atoms with Gasteiger partial charge in [-0.2, -0.15) is 0 Å². The zero-order valence-electron chi connectivity index (χ0n) is 13.6. The average molecular weight is 327 g/mol. The Morgan fingerprint density at radius 1 is 1.17 bits per heavy atom. The molecule has 0 spiro atoms. The first-order valence-electron chi connectivity index (χ1n) is 8.35. The molecule has 1 aliphatic heterocycles. The topological polar surface area (TPSA) is 55.8 Å². The highest BCUT2D eigenvalue weighted by atomic mass is 16.6. The van der Waals surface area contributed by atoms with E-state index in [0.717, 1.165) is 32.2 Å². The van der Waals surface area contributed by atoms with Gasteiger partial charge in [0, 0.05) is 19.0 Å². The van der Waals surface area contributed by atoms with E-state index in [2.05, 4.69) is 5.92 Å². The molecule has 5 heteroatoms. The van der Waals surface area contributed by atoms with Gasteiger partial charge < -0.3 is 14.4 Å². The fraction of sp³-hybridized carbons (Fsp3) is 0.474. The van der Waals surface area contributed by atoms with Crippen molar-refractivity contribution in [3.63, 3.8) is 0 Å². The summed E-state index contributed by atoms with van der Waals surface area (Å²) in [6.45, 7) is 1.30. The Morgan fingerprint density at radius 2 is 1.92 bits per heavy atom. The number of piperidine rings is 1. The molecule has 1 aliphatic carbocycles. The summed E-state index contributed by atoms with van der Waals surface area (Å²) in [5.74, 6) is 2.96. The first-order valence-corrected chi connectivity index (χ1v) is 8.35. The second kappa shape index (κ2) is 7.39. The highest BCUT2D eigenvalue weighted by molar-refractivity contribution is 5.82. The van der Waals surface area contributed by atoms with E-state index in [-0.39, 0.29) is 30.3 Å². The highest BCUT2D eigenvalue weighted by Crippen LogP contribution is 2.33. The van der Waals surface area contributed by atoms with Crippen molar-refractivity contribution in [3.8, 4) is 23.8 Å². The third-order valence-corrected chi connectivity index (χ3v) is 4.36. The van der Waals surface area contributed by atoms with Crippen molar-refractivity contribution in [1.29, 1.82) is 0 Å². The number of carbonyl (C=O) groups excluding carboxylic acids is 2. The molecule has 2 fully saturated rings. The van der Waals surface area contributed by atoms with Crippen LogP contribution < -0.4 is 9.47 Å². The SMILES string of the molecule is C#CCOc1ccccc1OC(=O)[C@H]1CCCN(C(=O)C2CC2)C1. The van der Waals surface area contributed by atoms with E-state index in [9.17, 15) is 9.59 Å². The Morgan fingerprint density at radius 3 is 2.62 bits per heavy atom. The van der Waals surface area contributed by atoms with Gasteiger partial charge in [-0.1, -0.05) is 18.1 Å². The average Bonchev–Trinajstić information content (AvgIpc) is 3.45. The lowest BCUT2D eigenvalue weighted by atomic mass is 9.98. The maximum absolute atomic E-state index is 12.5. The van der Waals surface area contributed by atoms with Gasteiger partial charge in [0.05, 0.1) is 5.92 Å². The zero-order chi connectivity index (χ0) is 16.9. The molecule has 0 radical (unpaired) electrons. The van der Waals surface area contributed by atoms with Crippen LogP contribution in [0.15, 0.2) is 24.3 Å². The van der Waals surface area contributed by atoms with Crippen molar-refractivity contribution in [2.24, 2.45) is 11.8 Å². The molecule has 5 nitrogen and oxygen atoms in total. The summed E-state index contributed by atoms with van der Waals surface area (Å²) >= 11 is 0. The van der Waals surface area contributed by atoms with Crippen LogP contribution in [0.5, 0.6) is 11.5 Å². The van der Waals surface area contributed by atoms with Crippen LogP contribution in [-0.2, 0) is 9.59 Å². The number of esters is 1. The number of hydrogen-bond donors (Lipinski definition) is 0. The van der Waals surface area contributed by atoms with Crippen molar-refractivity contribution >= 4 is 11.9 Å². The zero-order valence-corrected chi connectivity index (χ0v) is 13.6. The van der Waals surface area contributed by atoms with Crippen LogP contribution in [0.1, 0.15) is 25.7 Å². The molecule has 1 saturated heterocycles. The van der Waals surface area contributed by atoms with Gasteiger partial charge in [0.2, 0.25) is 5.91 Å². The van der Waals surface area contributed by atoms with Crippen molar-refractivity contribution < 1.29 is 19.1 Å². The van der Waals surface area contributed by atoms with E-state index in [1.807, 2.05) is 4.90 Å². The molecule has 0 bridgehead atoms. The normalized spacial score (nSPS) is 20.1. The molecule has 24 heavy (non-hydrogen) atoms. The number of amides is 1. The summed E-state index contributed by atoms with van der Waals surface area (Å²) in [5.41, 5.74) is 0. The first-order chi connectivity index (χ1) is 11.7. The number of benzene rings is 1. The van der Waals surface area contributed by atoms with Gasteiger partial charge >= 0.3 is 5.97 Å². The highest BCUT2D eigenvalue weighted by Gasteiger charge is 2.37. The summed E-state index contributed by atoms with van der Waals surface area (Å²) in [7, 11) is 0. The Bertz CT molecular complexity index is 660. The van der Waals surface area contributed by atoms with Crippen LogP contribution >= 0.6 is 0 Å². The first kappa shape index (κ1) is 16.4. The minimum Gasteiger partial charge on any atom is -0.477 e. The minimum atomic E-state index is -0.319. The number of nitrogens with zero attached hydrogens (tertiary/aromatic N) is 1. The lowest BCUT2D eigenvalue weighted by Crippen LogP contribution is -2.44. The van der Waals surface area contributed by atoms with Crippen molar-refractivity contribution in [3.05, 3.63) is 24.3 Å². The second-order valence-electron chi connectivity index (χ2n) is 6.26.